The van der Waals surface area contributed by atoms with E-state index in [0.29, 0.717) is 6.54 Å². The van der Waals surface area contributed by atoms with Crippen LogP contribution in [0.4, 0.5) is 0 Å². The Morgan fingerprint density at radius 3 is 2.35 bits per heavy atom. The zero-order valence-corrected chi connectivity index (χ0v) is 14.5. The zero-order valence-electron chi connectivity index (χ0n) is 12.9. The van der Waals surface area contributed by atoms with Crippen LogP contribution in [0.3, 0.4) is 0 Å². The van der Waals surface area contributed by atoms with E-state index in [1.807, 2.05) is 55.5 Å². The van der Waals surface area contributed by atoms with Gasteiger partial charge in [-0.2, -0.15) is 0 Å². The van der Waals surface area contributed by atoms with Gasteiger partial charge in [-0.05, 0) is 24.1 Å². The molecular weight excluding hydrogens is 356 g/mol. The van der Waals surface area contributed by atoms with Gasteiger partial charge in [0.2, 0.25) is 11.8 Å². The topological polar surface area (TPSA) is 58.2 Å². The maximum absolute atomic E-state index is 11.9. The molecule has 0 saturated heterocycles. The molecule has 0 aliphatic heterocycles. The molecule has 0 radical (unpaired) electrons. The second kappa shape index (κ2) is 8.48. The summed E-state index contributed by atoms with van der Waals surface area (Å²) in [5, 5.41) is 5.42. The van der Waals surface area contributed by atoms with Gasteiger partial charge in [0.25, 0.3) is 0 Å². The number of amides is 2. The summed E-state index contributed by atoms with van der Waals surface area (Å²) in [5.41, 5.74) is 3.10. The number of carbonyl (C=O) groups is 2. The normalized spacial score (nSPS) is 10.2. The van der Waals surface area contributed by atoms with Crippen molar-refractivity contribution in [1.29, 1.82) is 0 Å². The van der Waals surface area contributed by atoms with Gasteiger partial charge in [0.05, 0.1) is 13.0 Å². The van der Waals surface area contributed by atoms with Gasteiger partial charge in [0, 0.05) is 11.0 Å². The third-order valence-corrected chi connectivity index (χ3v) is 4.14. The highest BCUT2D eigenvalue weighted by Crippen LogP contribution is 2.16. The summed E-state index contributed by atoms with van der Waals surface area (Å²) >= 11 is 3.40. The SMILES string of the molecule is Cc1ccc(CNC(=O)CNC(=O)Cc2ccccc2Br)cc1. The van der Waals surface area contributed by atoms with Gasteiger partial charge in [-0.3, -0.25) is 9.59 Å². The van der Waals surface area contributed by atoms with Crippen molar-refractivity contribution in [3.05, 3.63) is 69.7 Å². The lowest BCUT2D eigenvalue weighted by molar-refractivity contribution is -0.125. The van der Waals surface area contributed by atoms with Crippen LogP contribution in [0.5, 0.6) is 0 Å². The third-order valence-electron chi connectivity index (χ3n) is 3.37. The van der Waals surface area contributed by atoms with E-state index >= 15 is 0 Å². The summed E-state index contributed by atoms with van der Waals surface area (Å²) in [6.45, 7) is 2.46. The van der Waals surface area contributed by atoms with Gasteiger partial charge in [0.1, 0.15) is 0 Å². The van der Waals surface area contributed by atoms with E-state index in [4.69, 9.17) is 0 Å². The number of hydrogen-bond acceptors (Lipinski definition) is 2. The van der Waals surface area contributed by atoms with Crippen LogP contribution in [0.25, 0.3) is 0 Å². The lowest BCUT2D eigenvalue weighted by atomic mass is 10.1. The molecule has 0 fully saturated rings. The van der Waals surface area contributed by atoms with Gasteiger partial charge in [-0.15, -0.1) is 0 Å². The van der Waals surface area contributed by atoms with E-state index in [2.05, 4.69) is 26.6 Å². The summed E-state index contributed by atoms with van der Waals surface area (Å²) in [6, 6.07) is 15.5. The van der Waals surface area contributed by atoms with Gasteiger partial charge in [-0.25, -0.2) is 0 Å². The molecule has 23 heavy (non-hydrogen) atoms. The van der Waals surface area contributed by atoms with E-state index in [1.165, 1.54) is 5.56 Å². The Balaban J connectivity index is 1.72. The van der Waals surface area contributed by atoms with Crippen LogP contribution < -0.4 is 10.6 Å². The molecule has 2 N–H and O–H groups in total. The molecule has 0 heterocycles. The minimum Gasteiger partial charge on any atom is -0.350 e. The summed E-state index contributed by atoms with van der Waals surface area (Å²) in [5.74, 6) is -0.381. The molecule has 2 rings (SSSR count). The molecule has 0 aliphatic rings. The molecule has 120 valence electrons. The number of halogens is 1. The highest BCUT2D eigenvalue weighted by molar-refractivity contribution is 9.10. The first-order valence-electron chi connectivity index (χ1n) is 7.37. The molecule has 0 spiro atoms. The number of nitrogens with one attached hydrogen (secondary N) is 2. The van der Waals surface area contributed by atoms with Gasteiger partial charge in [0.15, 0.2) is 0 Å². The maximum Gasteiger partial charge on any atom is 0.239 e. The quantitative estimate of drug-likeness (QED) is 0.816. The first-order valence-corrected chi connectivity index (χ1v) is 8.16. The Bertz CT molecular complexity index is 684. The van der Waals surface area contributed by atoms with Crippen molar-refractivity contribution in [2.75, 3.05) is 6.54 Å². The Hall–Kier alpha value is -2.14. The van der Waals surface area contributed by atoms with Crippen LogP contribution in [0.2, 0.25) is 0 Å². The molecule has 0 unspecified atom stereocenters. The molecule has 2 amide bonds. The standard InChI is InChI=1S/C18H19BrN2O2/c1-13-6-8-14(9-7-13)11-20-18(23)12-21-17(22)10-15-4-2-3-5-16(15)19/h2-9H,10-12H2,1H3,(H,20,23)(H,21,22). The van der Waals surface area contributed by atoms with E-state index in [9.17, 15) is 9.59 Å². The van der Waals surface area contributed by atoms with Crippen molar-refractivity contribution in [2.24, 2.45) is 0 Å². The number of benzene rings is 2. The van der Waals surface area contributed by atoms with Crippen LogP contribution in [0, 0.1) is 6.92 Å². The molecule has 4 nitrogen and oxygen atoms in total. The molecule has 0 bridgehead atoms. The summed E-state index contributed by atoms with van der Waals surface area (Å²) in [7, 11) is 0. The predicted molar refractivity (Wildman–Crippen MR) is 93.9 cm³/mol. The number of hydrogen-bond donors (Lipinski definition) is 2. The minimum absolute atomic E-state index is 0.0187. The second-order valence-electron chi connectivity index (χ2n) is 5.31. The summed E-state index contributed by atoms with van der Waals surface area (Å²) < 4.78 is 0.888. The van der Waals surface area contributed by atoms with Crippen molar-refractivity contribution in [1.82, 2.24) is 10.6 Å². The Labute approximate surface area is 144 Å². The summed E-state index contributed by atoms with van der Waals surface area (Å²) in [4.78, 5) is 23.6. The van der Waals surface area contributed by atoms with Gasteiger partial charge >= 0.3 is 0 Å². The van der Waals surface area contributed by atoms with Gasteiger partial charge < -0.3 is 10.6 Å². The molecule has 0 aromatic heterocycles. The van der Waals surface area contributed by atoms with E-state index < -0.39 is 0 Å². The molecule has 0 atom stereocenters. The van der Waals surface area contributed by atoms with Crippen LogP contribution >= 0.6 is 15.9 Å². The largest absolute Gasteiger partial charge is 0.350 e. The Morgan fingerprint density at radius 2 is 1.65 bits per heavy atom. The van der Waals surface area contributed by atoms with E-state index in [0.717, 1.165) is 15.6 Å². The lowest BCUT2D eigenvalue weighted by Crippen LogP contribution is -2.37. The molecular formula is C18H19BrN2O2. The van der Waals surface area contributed by atoms with Crippen LogP contribution in [-0.4, -0.2) is 18.4 Å². The van der Waals surface area contributed by atoms with Crippen molar-refractivity contribution < 1.29 is 9.59 Å². The van der Waals surface area contributed by atoms with E-state index in [1.54, 1.807) is 0 Å². The fourth-order valence-corrected chi connectivity index (χ4v) is 2.45. The summed E-state index contributed by atoms with van der Waals surface area (Å²) in [6.07, 6.45) is 0.243. The predicted octanol–water partition coefficient (Wildman–Crippen LogP) is 2.73. The van der Waals surface area contributed by atoms with Crippen molar-refractivity contribution in [2.45, 2.75) is 19.9 Å². The highest BCUT2D eigenvalue weighted by atomic mass is 79.9. The average molecular weight is 375 g/mol. The zero-order chi connectivity index (χ0) is 16.7. The van der Waals surface area contributed by atoms with Crippen LogP contribution in [0.15, 0.2) is 53.0 Å². The highest BCUT2D eigenvalue weighted by Gasteiger charge is 2.08. The van der Waals surface area contributed by atoms with Crippen LogP contribution in [-0.2, 0) is 22.6 Å². The number of carbonyl (C=O) groups excluding carboxylic acids is 2. The minimum atomic E-state index is -0.203. The van der Waals surface area contributed by atoms with Gasteiger partial charge in [-0.1, -0.05) is 64.0 Å². The number of rotatable bonds is 6. The Morgan fingerprint density at radius 1 is 0.957 bits per heavy atom. The maximum atomic E-state index is 11.9. The first kappa shape index (κ1) is 17.2. The molecule has 2 aromatic rings. The smallest absolute Gasteiger partial charge is 0.239 e. The monoisotopic (exact) mass is 374 g/mol. The molecule has 0 aliphatic carbocycles. The second-order valence-corrected chi connectivity index (χ2v) is 6.16. The third kappa shape index (κ3) is 5.87. The fourth-order valence-electron chi connectivity index (χ4n) is 2.03. The lowest BCUT2D eigenvalue weighted by Gasteiger charge is -2.08. The van der Waals surface area contributed by atoms with Crippen LogP contribution in [0.1, 0.15) is 16.7 Å². The number of aryl methyl sites for hydroxylation is 1. The Kier molecular flexibility index (Phi) is 6.35. The van der Waals surface area contributed by atoms with E-state index in [-0.39, 0.29) is 24.8 Å². The molecule has 0 saturated carbocycles. The molecule has 2 aromatic carbocycles. The average Bonchev–Trinajstić information content (AvgIpc) is 2.54. The fraction of sp³-hybridized carbons (Fsp3) is 0.222. The van der Waals surface area contributed by atoms with Crippen molar-refractivity contribution in [3.63, 3.8) is 0 Å². The van der Waals surface area contributed by atoms with Crippen molar-refractivity contribution in [3.8, 4) is 0 Å². The van der Waals surface area contributed by atoms with Crippen molar-refractivity contribution >= 4 is 27.7 Å². The molecule has 5 heteroatoms. The first-order chi connectivity index (χ1) is 11.0.